The summed E-state index contributed by atoms with van der Waals surface area (Å²) in [5.41, 5.74) is 1.33. The number of nitrogens with zero attached hydrogens (tertiary/aromatic N) is 1. The van der Waals surface area contributed by atoms with Crippen LogP contribution in [0.2, 0.25) is 0 Å². The fourth-order valence-corrected chi connectivity index (χ4v) is 3.08. The van der Waals surface area contributed by atoms with E-state index >= 15 is 0 Å². The normalized spacial score (nSPS) is 20.4. The molecule has 0 atom stereocenters. The Hall–Kier alpha value is -1.58. The van der Waals surface area contributed by atoms with Gasteiger partial charge in [-0.25, -0.2) is 4.39 Å². The van der Waals surface area contributed by atoms with Gasteiger partial charge in [0.1, 0.15) is 5.82 Å². The number of aliphatic imine (C=N–C) groups is 1. The van der Waals surface area contributed by atoms with Crippen LogP contribution in [-0.4, -0.2) is 25.6 Å². The summed E-state index contributed by atoms with van der Waals surface area (Å²) >= 11 is 0. The molecule has 2 saturated carbocycles. The maximum Gasteiger partial charge on any atom is 0.191 e. The molecule has 0 heterocycles. The number of benzene rings is 1. The number of hydrogen-bond acceptors (Lipinski definition) is 1. The maximum absolute atomic E-state index is 13.1. The van der Waals surface area contributed by atoms with Crippen LogP contribution in [0.1, 0.15) is 44.6 Å². The van der Waals surface area contributed by atoms with Crippen molar-refractivity contribution in [1.82, 2.24) is 10.6 Å². The van der Waals surface area contributed by atoms with E-state index in [0.29, 0.717) is 0 Å². The van der Waals surface area contributed by atoms with Crippen molar-refractivity contribution < 1.29 is 4.39 Å². The Labute approximate surface area is 132 Å². The van der Waals surface area contributed by atoms with Gasteiger partial charge >= 0.3 is 0 Å². The SMILES string of the molecule is CCNC(=NCC1(c2ccc(F)cc2)CCC1)NCC1CC1. The first-order valence-electron chi connectivity index (χ1n) is 8.50. The molecule has 1 aromatic carbocycles. The minimum atomic E-state index is -0.166. The number of guanidine groups is 1. The molecule has 0 radical (unpaired) electrons. The first kappa shape index (κ1) is 15.3. The van der Waals surface area contributed by atoms with Gasteiger partial charge in [0.2, 0.25) is 0 Å². The molecule has 0 unspecified atom stereocenters. The Bertz CT molecular complexity index is 516. The summed E-state index contributed by atoms with van der Waals surface area (Å²) in [5.74, 6) is 1.59. The number of nitrogens with one attached hydrogen (secondary N) is 2. The third-order valence-corrected chi connectivity index (χ3v) is 4.91. The molecule has 0 aliphatic heterocycles. The molecule has 4 heteroatoms. The Morgan fingerprint density at radius 2 is 1.95 bits per heavy atom. The third kappa shape index (κ3) is 3.60. The summed E-state index contributed by atoms with van der Waals surface area (Å²) in [6.07, 6.45) is 6.20. The lowest BCUT2D eigenvalue weighted by Gasteiger charge is -2.41. The van der Waals surface area contributed by atoms with Crippen molar-refractivity contribution in [2.24, 2.45) is 10.9 Å². The lowest BCUT2D eigenvalue weighted by Crippen LogP contribution is -2.42. The Kier molecular flexibility index (Phi) is 4.65. The Morgan fingerprint density at radius 1 is 1.23 bits per heavy atom. The molecule has 0 bridgehead atoms. The molecule has 2 N–H and O–H groups in total. The van der Waals surface area contributed by atoms with Gasteiger partial charge in [-0.1, -0.05) is 18.6 Å². The Morgan fingerprint density at radius 3 is 2.50 bits per heavy atom. The molecule has 2 aliphatic rings. The molecule has 22 heavy (non-hydrogen) atoms. The van der Waals surface area contributed by atoms with Gasteiger partial charge in [-0.3, -0.25) is 4.99 Å². The van der Waals surface area contributed by atoms with Gasteiger partial charge < -0.3 is 10.6 Å². The molecule has 0 amide bonds. The first-order chi connectivity index (χ1) is 10.7. The summed E-state index contributed by atoms with van der Waals surface area (Å²) in [6, 6.07) is 6.98. The lowest BCUT2D eigenvalue weighted by atomic mass is 9.64. The second kappa shape index (κ2) is 6.67. The number of hydrogen-bond donors (Lipinski definition) is 2. The van der Waals surface area contributed by atoms with Crippen LogP contribution in [-0.2, 0) is 5.41 Å². The third-order valence-electron chi connectivity index (χ3n) is 4.91. The van der Waals surface area contributed by atoms with Crippen LogP contribution in [0.3, 0.4) is 0 Å². The fraction of sp³-hybridized carbons (Fsp3) is 0.611. The zero-order valence-corrected chi connectivity index (χ0v) is 13.4. The Balaban J connectivity index is 1.66. The van der Waals surface area contributed by atoms with Gasteiger partial charge in [-0.05, 0) is 56.2 Å². The van der Waals surface area contributed by atoms with Crippen LogP contribution in [0.25, 0.3) is 0 Å². The number of rotatable bonds is 6. The van der Waals surface area contributed by atoms with Crippen molar-refractivity contribution in [1.29, 1.82) is 0 Å². The number of halogens is 1. The minimum Gasteiger partial charge on any atom is -0.357 e. The highest BCUT2D eigenvalue weighted by Gasteiger charge is 2.38. The fourth-order valence-electron chi connectivity index (χ4n) is 3.08. The van der Waals surface area contributed by atoms with Crippen LogP contribution in [0.4, 0.5) is 4.39 Å². The molecular weight excluding hydrogens is 277 g/mol. The predicted molar refractivity (Wildman–Crippen MR) is 88.6 cm³/mol. The molecule has 1 aromatic rings. The van der Waals surface area contributed by atoms with E-state index in [4.69, 9.17) is 4.99 Å². The topological polar surface area (TPSA) is 36.4 Å². The van der Waals surface area contributed by atoms with Crippen LogP contribution in [0.5, 0.6) is 0 Å². The van der Waals surface area contributed by atoms with Gasteiger partial charge in [0.05, 0.1) is 6.54 Å². The second-order valence-electron chi connectivity index (χ2n) is 6.66. The summed E-state index contributed by atoms with van der Waals surface area (Å²) in [6.45, 7) is 4.77. The zero-order valence-electron chi connectivity index (χ0n) is 13.4. The molecule has 0 spiro atoms. The van der Waals surface area contributed by atoms with Gasteiger partial charge in [0.15, 0.2) is 5.96 Å². The zero-order chi connectivity index (χ0) is 15.4. The summed E-state index contributed by atoms with van der Waals surface area (Å²) < 4.78 is 13.1. The molecule has 2 aliphatic carbocycles. The molecule has 3 rings (SSSR count). The average molecular weight is 303 g/mol. The van der Waals surface area contributed by atoms with E-state index in [1.54, 1.807) is 12.1 Å². The van der Waals surface area contributed by atoms with Crippen LogP contribution in [0.15, 0.2) is 29.3 Å². The van der Waals surface area contributed by atoms with E-state index in [2.05, 4.69) is 17.6 Å². The minimum absolute atomic E-state index is 0.107. The van der Waals surface area contributed by atoms with E-state index < -0.39 is 0 Å². The molecule has 3 nitrogen and oxygen atoms in total. The summed E-state index contributed by atoms with van der Waals surface area (Å²) in [5, 5.41) is 6.77. The standard InChI is InChI=1S/C18H26FN3/c1-2-20-17(21-12-14-4-5-14)22-13-18(10-3-11-18)15-6-8-16(19)9-7-15/h6-9,14H,2-5,10-13H2,1H3,(H2,20,21,22). The molecule has 0 saturated heterocycles. The van der Waals surface area contributed by atoms with E-state index in [1.165, 1.54) is 24.8 Å². The largest absolute Gasteiger partial charge is 0.357 e. The van der Waals surface area contributed by atoms with Crippen LogP contribution in [0, 0.1) is 11.7 Å². The summed E-state index contributed by atoms with van der Waals surface area (Å²) in [4.78, 5) is 4.81. The van der Waals surface area contributed by atoms with Crippen molar-refractivity contribution in [2.45, 2.75) is 44.4 Å². The average Bonchev–Trinajstić information content (AvgIpc) is 3.29. The predicted octanol–water partition coefficient (Wildman–Crippen LogP) is 3.21. The lowest BCUT2D eigenvalue weighted by molar-refractivity contribution is 0.253. The van der Waals surface area contributed by atoms with Crippen LogP contribution >= 0.6 is 0 Å². The van der Waals surface area contributed by atoms with Crippen molar-refractivity contribution in [3.05, 3.63) is 35.6 Å². The van der Waals surface area contributed by atoms with E-state index in [9.17, 15) is 4.39 Å². The van der Waals surface area contributed by atoms with Gasteiger partial charge in [-0.15, -0.1) is 0 Å². The maximum atomic E-state index is 13.1. The molecule has 120 valence electrons. The smallest absolute Gasteiger partial charge is 0.191 e. The van der Waals surface area contributed by atoms with E-state index in [-0.39, 0.29) is 11.2 Å². The van der Waals surface area contributed by atoms with Crippen molar-refractivity contribution in [3.8, 4) is 0 Å². The highest BCUT2D eigenvalue weighted by molar-refractivity contribution is 5.79. The summed E-state index contributed by atoms with van der Waals surface area (Å²) in [7, 11) is 0. The van der Waals surface area contributed by atoms with Gasteiger partial charge in [0, 0.05) is 18.5 Å². The van der Waals surface area contributed by atoms with Crippen molar-refractivity contribution >= 4 is 5.96 Å². The highest BCUT2D eigenvalue weighted by atomic mass is 19.1. The van der Waals surface area contributed by atoms with Crippen molar-refractivity contribution in [3.63, 3.8) is 0 Å². The highest BCUT2D eigenvalue weighted by Crippen LogP contribution is 2.44. The van der Waals surface area contributed by atoms with E-state index in [1.807, 2.05) is 12.1 Å². The van der Waals surface area contributed by atoms with E-state index in [0.717, 1.165) is 44.4 Å². The van der Waals surface area contributed by atoms with Gasteiger partial charge in [0.25, 0.3) is 0 Å². The molecule has 2 fully saturated rings. The molecule has 0 aromatic heterocycles. The second-order valence-corrected chi connectivity index (χ2v) is 6.66. The van der Waals surface area contributed by atoms with Crippen molar-refractivity contribution in [2.75, 3.05) is 19.6 Å². The van der Waals surface area contributed by atoms with Crippen LogP contribution < -0.4 is 10.6 Å². The quantitative estimate of drug-likeness (QED) is 0.625. The molecular formula is C18H26FN3. The monoisotopic (exact) mass is 303 g/mol. The first-order valence-corrected chi connectivity index (χ1v) is 8.50. The van der Waals surface area contributed by atoms with Gasteiger partial charge in [-0.2, -0.15) is 0 Å².